The topological polar surface area (TPSA) is 68.7 Å². The minimum atomic E-state index is 0.593. The number of imidazole rings is 1. The average Bonchev–Trinajstić information content (AvgIpc) is 3.08. The molecule has 0 aliphatic rings. The number of hydrogen-bond acceptors (Lipinski definition) is 3. The number of aromatic amines is 1. The van der Waals surface area contributed by atoms with Crippen molar-refractivity contribution in [2.75, 3.05) is 0 Å². The summed E-state index contributed by atoms with van der Waals surface area (Å²) < 4.78 is 2.94. The van der Waals surface area contributed by atoms with E-state index in [4.69, 9.17) is 0 Å². The van der Waals surface area contributed by atoms with Gasteiger partial charge in [0, 0.05) is 10.0 Å². The zero-order valence-electron chi connectivity index (χ0n) is 12.8. The molecule has 0 spiro atoms. The molecule has 4 aromatic rings. The van der Waals surface area contributed by atoms with Crippen LogP contribution in [0.15, 0.2) is 63.2 Å². The fraction of sp³-hybridized carbons (Fsp3) is 0.0556. The zero-order chi connectivity index (χ0) is 16.7. The van der Waals surface area contributed by atoms with Crippen molar-refractivity contribution in [1.29, 1.82) is 5.26 Å². The Hall–Kier alpha value is -2.91. The molecule has 0 atom stereocenters. The highest BCUT2D eigenvalue weighted by atomic mass is 79.9. The smallest absolute Gasteiger partial charge is 0.165 e. The second-order valence-electron chi connectivity index (χ2n) is 5.44. The molecule has 2 aromatic heterocycles. The summed E-state index contributed by atoms with van der Waals surface area (Å²) in [5, 5.41) is 18.3. The molecule has 0 unspecified atom stereocenters. The van der Waals surface area contributed by atoms with Crippen LogP contribution in [0.25, 0.3) is 16.7 Å². The van der Waals surface area contributed by atoms with E-state index < -0.39 is 0 Å². The van der Waals surface area contributed by atoms with Gasteiger partial charge in [-0.15, -0.1) is 10.2 Å². The number of rotatable bonds is 2. The number of nitrogens with one attached hydrogen (secondary N) is 1. The summed E-state index contributed by atoms with van der Waals surface area (Å²) in [5.74, 6) is 0.668. The second-order valence-corrected chi connectivity index (χ2v) is 6.35. The van der Waals surface area contributed by atoms with Crippen molar-refractivity contribution in [1.82, 2.24) is 9.38 Å². The third-order valence-corrected chi connectivity index (χ3v) is 4.51. The number of nitriles is 1. The SMILES string of the molecule is Cc1c(C#N)c2[nH]c3ccccc3n2c1N=Nc1ccc(Br)cc1. The number of benzene rings is 2. The fourth-order valence-corrected chi connectivity index (χ4v) is 3.06. The molecule has 4 rings (SSSR count). The molecule has 2 aromatic carbocycles. The van der Waals surface area contributed by atoms with Crippen molar-refractivity contribution in [3.8, 4) is 6.07 Å². The second kappa shape index (κ2) is 5.62. The van der Waals surface area contributed by atoms with Gasteiger partial charge < -0.3 is 4.98 Å². The van der Waals surface area contributed by atoms with Gasteiger partial charge in [0.05, 0.1) is 22.3 Å². The van der Waals surface area contributed by atoms with Gasteiger partial charge in [0.2, 0.25) is 0 Å². The molecule has 0 aliphatic carbocycles. The molecule has 1 N–H and O–H groups in total. The van der Waals surface area contributed by atoms with Crippen LogP contribution in [0.2, 0.25) is 0 Å². The largest absolute Gasteiger partial charge is 0.338 e. The van der Waals surface area contributed by atoms with Crippen LogP contribution < -0.4 is 0 Å². The maximum Gasteiger partial charge on any atom is 0.165 e. The van der Waals surface area contributed by atoms with Crippen LogP contribution in [-0.4, -0.2) is 9.38 Å². The monoisotopic (exact) mass is 377 g/mol. The van der Waals surface area contributed by atoms with Crippen molar-refractivity contribution in [2.24, 2.45) is 10.2 Å². The van der Waals surface area contributed by atoms with Crippen molar-refractivity contribution < 1.29 is 0 Å². The highest BCUT2D eigenvalue weighted by Crippen LogP contribution is 2.33. The molecule has 0 radical (unpaired) electrons. The van der Waals surface area contributed by atoms with Gasteiger partial charge in [0.25, 0.3) is 0 Å². The lowest BCUT2D eigenvalue weighted by molar-refractivity contribution is 1.13. The molecule has 116 valence electrons. The highest BCUT2D eigenvalue weighted by molar-refractivity contribution is 9.10. The van der Waals surface area contributed by atoms with Gasteiger partial charge in [-0.1, -0.05) is 28.1 Å². The van der Waals surface area contributed by atoms with Gasteiger partial charge in [-0.3, -0.25) is 4.40 Å². The van der Waals surface area contributed by atoms with Gasteiger partial charge in [-0.05, 0) is 43.3 Å². The van der Waals surface area contributed by atoms with Crippen molar-refractivity contribution >= 4 is 44.1 Å². The average molecular weight is 378 g/mol. The Bertz CT molecular complexity index is 1130. The van der Waals surface area contributed by atoms with Crippen molar-refractivity contribution in [3.63, 3.8) is 0 Å². The molecule has 0 fully saturated rings. The molecule has 0 saturated heterocycles. The number of aromatic nitrogens is 2. The van der Waals surface area contributed by atoms with Crippen LogP contribution in [0.1, 0.15) is 11.1 Å². The Balaban J connectivity index is 1.95. The third kappa shape index (κ3) is 2.22. The Kier molecular flexibility index (Phi) is 3.44. The molecule has 6 heteroatoms. The number of fused-ring (bicyclic) bond motifs is 3. The molecule has 24 heavy (non-hydrogen) atoms. The van der Waals surface area contributed by atoms with Gasteiger partial charge in [-0.2, -0.15) is 5.26 Å². The van der Waals surface area contributed by atoms with Crippen LogP contribution >= 0.6 is 15.9 Å². The Morgan fingerprint density at radius 2 is 1.83 bits per heavy atom. The van der Waals surface area contributed by atoms with Gasteiger partial charge in [-0.25, -0.2) is 0 Å². The van der Waals surface area contributed by atoms with E-state index in [1.807, 2.05) is 59.9 Å². The number of nitrogens with zero attached hydrogens (tertiary/aromatic N) is 4. The van der Waals surface area contributed by atoms with E-state index in [1.54, 1.807) is 0 Å². The first-order valence-corrected chi connectivity index (χ1v) is 8.17. The van der Waals surface area contributed by atoms with Gasteiger partial charge in [0.15, 0.2) is 5.82 Å². The van der Waals surface area contributed by atoms with Gasteiger partial charge >= 0.3 is 0 Å². The first-order chi connectivity index (χ1) is 11.7. The molecule has 2 heterocycles. The molecule has 0 bridgehead atoms. The predicted molar refractivity (Wildman–Crippen MR) is 97.0 cm³/mol. The molecule has 0 amide bonds. The summed E-state index contributed by atoms with van der Waals surface area (Å²) in [7, 11) is 0. The molecule has 0 saturated carbocycles. The quantitative estimate of drug-likeness (QED) is 0.442. The molecule has 5 nitrogen and oxygen atoms in total. The van der Waals surface area contributed by atoms with E-state index in [1.165, 1.54) is 0 Å². The lowest BCUT2D eigenvalue weighted by atomic mass is 10.2. The minimum absolute atomic E-state index is 0.593. The predicted octanol–water partition coefficient (Wildman–Crippen LogP) is 5.78. The van der Waals surface area contributed by atoms with Gasteiger partial charge in [0.1, 0.15) is 11.7 Å². The normalized spacial score (nSPS) is 11.5. The van der Waals surface area contributed by atoms with Crippen LogP contribution in [0.5, 0.6) is 0 Å². The van der Waals surface area contributed by atoms with Crippen LogP contribution in [-0.2, 0) is 0 Å². The fourth-order valence-electron chi connectivity index (χ4n) is 2.80. The van der Waals surface area contributed by atoms with Crippen molar-refractivity contribution in [3.05, 3.63) is 64.1 Å². The maximum atomic E-state index is 9.51. The van der Waals surface area contributed by atoms with Crippen LogP contribution in [0.3, 0.4) is 0 Å². The summed E-state index contributed by atoms with van der Waals surface area (Å²) in [6.07, 6.45) is 0. The number of azo groups is 1. The van der Waals surface area contributed by atoms with E-state index in [-0.39, 0.29) is 0 Å². The van der Waals surface area contributed by atoms with E-state index in [0.717, 1.165) is 32.4 Å². The summed E-state index contributed by atoms with van der Waals surface area (Å²) >= 11 is 3.40. The van der Waals surface area contributed by atoms with E-state index in [0.29, 0.717) is 11.4 Å². The first kappa shape index (κ1) is 14.7. The number of halogens is 1. The van der Waals surface area contributed by atoms with Crippen LogP contribution in [0, 0.1) is 18.3 Å². The highest BCUT2D eigenvalue weighted by Gasteiger charge is 2.18. The number of para-hydroxylation sites is 2. The maximum absolute atomic E-state index is 9.51. The minimum Gasteiger partial charge on any atom is -0.338 e. The number of hydrogen-bond donors (Lipinski definition) is 1. The van der Waals surface area contributed by atoms with E-state index in [9.17, 15) is 5.26 Å². The zero-order valence-corrected chi connectivity index (χ0v) is 14.4. The summed E-state index contributed by atoms with van der Waals surface area (Å²) in [4.78, 5) is 3.30. The lowest BCUT2D eigenvalue weighted by Gasteiger charge is -1.97. The molecule has 0 aliphatic heterocycles. The third-order valence-electron chi connectivity index (χ3n) is 3.98. The number of H-pyrrole nitrogens is 1. The molecular weight excluding hydrogens is 366 g/mol. The van der Waals surface area contributed by atoms with Crippen LogP contribution in [0.4, 0.5) is 11.5 Å². The van der Waals surface area contributed by atoms with Crippen molar-refractivity contribution in [2.45, 2.75) is 6.92 Å². The Morgan fingerprint density at radius 1 is 1.08 bits per heavy atom. The van der Waals surface area contributed by atoms with E-state index in [2.05, 4.69) is 37.2 Å². The van der Waals surface area contributed by atoms with E-state index >= 15 is 0 Å². The molecular formula is C18H12BrN5. The Labute approximate surface area is 146 Å². The summed E-state index contributed by atoms with van der Waals surface area (Å²) in [5.41, 5.74) is 4.85. The standard InChI is InChI=1S/C18H12BrN5/c1-11-14(10-20)18-21-15-4-2-3-5-16(15)24(18)17(11)23-22-13-8-6-12(19)7-9-13/h2-9,21H,1H3. The summed E-state index contributed by atoms with van der Waals surface area (Å²) in [6, 6.07) is 17.8. The summed E-state index contributed by atoms with van der Waals surface area (Å²) in [6.45, 7) is 1.89. The Morgan fingerprint density at radius 3 is 2.58 bits per heavy atom. The lowest BCUT2D eigenvalue weighted by Crippen LogP contribution is -1.79. The first-order valence-electron chi connectivity index (χ1n) is 7.38.